The Hall–Kier alpha value is -1.97. The maximum absolute atomic E-state index is 12.6. The molecule has 1 fully saturated rings. The first-order valence-corrected chi connectivity index (χ1v) is 10.5. The standard InChI is InChI=1S/C18H28N4O4S/c1-15(14-19)20(2)17(23)8-9-18(24)21-10-12-22(13-11-21)27(25,26)16-6-4-3-5-7-16/h3-7,15H,8-14,19H2,1-2H3. The predicted octanol–water partition coefficient (Wildman–Crippen LogP) is 0.105. The second-order valence-electron chi connectivity index (χ2n) is 6.69. The number of benzene rings is 1. The van der Waals surface area contributed by atoms with Crippen molar-refractivity contribution in [1.29, 1.82) is 0 Å². The van der Waals surface area contributed by atoms with Crippen molar-refractivity contribution in [3.63, 3.8) is 0 Å². The van der Waals surface area contributed by atoms with E-state index in [4.69, 9.17) is 5.73 Å². The van der Waals surface area contributed by atoms with E-state index in [9.17, 15) is 18.0 Å². The summed E-state index contributed by atoms with van der Waals surface area (Å²) in [5.74, 6) is -0.250. The van der Waals surface area contributed by atoms with Crippen LogP contribution in [-0.4, -0.2) is 80.2 Å². The second kappa shape index (κ2) is 9.29. The number of amides is 2. The Morgan fingerprint density at radius 2 is 1.70 bits per heavy atom. The number of carbonyl (C=O) groups excluding carboxylic acids is 2. The molecule has 1 aliphatic heterocycles. The molecule has 1 aliphatic rings. The van der Waals surface area contributed by atoms with Crippen molar-refractivity contribution >= 4 is 21.8 Å². The summed E-state index contributed by atoms with van der Waals surface area (Å²) in [6, 6.07) is 8.20. The predicted molar refractivity (Wildman–Crippen MR) is 102 cm³/mol. The number of rotatable bonds is 7. The van der Waals surface area contributed by atoms with Gasteiger partial charge in [0.15, 0.2) is 0 Å². The minimum absolute atomic E-state index is 0.0701. The summed E-state index contributed by atoms with van der Waals surface area (Å²) in [7, 11) is -1.86. The number of nitrogens with zero attached hydrogens (tertiary/aromatic N) is 3. The van der Waals surface area contributed by atoms with Crippen molar-refractivity contribution in [1.82, 2.24) is 14.1 Å². The molecule has 9 heteroatoms. The molecule has 0 aromatic heterocycles. The van der Waals surface area contributed by atoms with Gasteiger partial charge in [-0.1, -0.05) is 18.2 Å². The van der Waals surface area contributed by atoms with E-state index in [0.717, 1.165) is 0 Å². The smallest absolute Gasteiger partial charge is 0.243 e. The van der Waals surface area contributed by atoms with E-state index in [1.807, 2.05) is 6.92 Å². The third-order valence-electron chi connectivity index (χ3n) is 4.92. The van der Waals surface area contributed by atoms with Gasteiger partial charge in [-0.3, -0.25) is 9.59 Å². The summed E-state index contributed by atoms with van der Waals surface area (Å²) in [5.41, 5.74) is 5.55. The summed E-state index contributed by atoms with van der Waals surface area (Å²) in [6.45, 7) is 3.38. The van der Waals surface area contributed by atoms with E-state index in [0.29, 0.717) is 19.6 Å². The molecule has 1 unspecified atom stereocenters. The normalized spacial score (nSPS) is 16.8. The van der Waals surface area contributed by atoms with Crippen LogP contribution >= 0.6 is 0 Å². The highest BCUT2D eigenvalue weighted by atomic mass is 32.2. The van der Waals surface area contributed by atoms with Gasteiger partial charge in [0.25, 0.3) is 0 Å². The molecule has 1 saturated heterocycles. The van der Waals surface area contributed by atoms with Gasteiger partial charge in [0.05, 0.1) is 4.90 Å². The highest BCUT2D eigenvalue weighted by Gasteiger charge is 2.30. The van der Waals surface area contributed by atoms with Gasteiger partial charge in [-0.2, -0.15) is 4.31 Å². The second-order valence-corrected chi connectivity index (χ2v) is 8.63. The van der Waals surface area contributed by atoms with Gasteiger partial charge >= 0.3 is 0 Å². The van der Waals surface area contributed by atoms with Crippen molar-refractivity contribution in [2.75, 3.05) is 39.8 Å². The van der Waals surface area contributed by atoms with Crippen LogP contribution in [0.15, 0.2) is 35.2 Å². The third-order valence-corrected chi connectivity index (χ3v) is 6.83. The zero-order chi connectivity index (χ0) is 20.0. The van der Waals surface area contributed by atoms with E-state index >= 15 is 0 Å². The maximum atomic E-state index is 12.6. The minimum Gasteiger partial charge on any atom is -0.342 e. The zero-order valence-corrected chi connectivity index (χ0v) is 16.7. The van der Waals surface area contributed by atoms with Crippen molar-refractivity contribution < 1.29 is 18.0 Å². The third kappa shape index (κ3) is 5.27. The summed E-state index contributed by atoms with van der Waals surface area (Å²) < 4.78 is 26.6. The molecule has 0 saturated carbocycles. The molecule has 0 spiro atoms. The summed E-state index contributed by atoms with van der Waals surface area (Å²) >= 11 is 0. The minimum atomic E-state index is -3.54. The van der Waals surface area contributed by atoms with Crippen LogP contribution in [-0.2, 0) is 19.6 Å². The Bertz CT molecular complexity index is 746. The average Bonchev–Trinajstić information content (AvgIpc) is 2.71. The van der Waals surface area contributed by atoms with E-state index < -0.39 is 10.0 Å². The summed E-state index contributed by atoms with van der Waals surface area (Å²) in [5, 5.41) is 0. The number of carbonyl (C=O) groups is 2. The van der Waals surface area contributed by atoms with Crippen LogP contribution in [0.3, 0.4) is 0 Å². The lowest BCUT2D eigenvalue weighted by molar-refractivity contribution is -0.137. The Kier molecular flexibility index (Phi) is 7.34. The Morgan fingerprint density at radius 3 is 2.26 bits per heavy atom. The van der Waals surface area contributed by atoms with Crippen molar-refractivity contribution in [2.24, 2.45) is 5.73 Å². The van der Waals surface area contributed by atoms with Crippen LogP contribution in [0.5, 0.6) is 0 Å². The van der Waals surface area contributed by atoms with Crippen LogP contribution < -0.4 is 5.73 Å². The maximum Gasteiger partial charge on any atom is 0.243 e. The van der Waals surface area contributed by atoms with Gasteiger partial charge in [-0.15, -0.1) is 0 Å². The molecule has 0 bridgehead atoms. The molecule has 2 N–H and O–H groups in total. The molecule has 2 amide bonds. The molecule has 1 aromatic rings. The number of hydrogen-bond acceptors (Lipinski definition) is 5. The molecule has 0 radical (unpaired) electrons. The Labute approximate surface area is 161 Å². The van der Waals surface area contributed by atoms with Crippen molar-refractivity contribution in [2.45, 2.75) is 30.7 Å². The van der Waals surface area contributed by atoms with Crippen LogP contribution in [0.25, 0.3) is 0 Å². The fourth-order valence-corrected chi connectivity index (χ4v) is 4.31. The summed E-state index contributed by atoms with van der Waals surface area (Å²) in [6.07, 6.45) is 0.244. The van der Waals surface area contributed by atoms with Gasteiger partial charge in [0, 0.05) is 58.7 Å². The van der Waals surface area contributed by atoms with Gasteiger partial charge in [-0.05, 0) is 19.1 Å². The topological polar surface area (TPSA) is 104 Å². The highest BCUT2D eigenvalue weighted by Crippen LogP contribution is 2.17. The Morgan fingerprint density at radius 1 is 1.11 bits per heavy atom. The van der Waals surface area contributed by atoms with Crippen LogP contribution in [0.4, 0.5) is 0 Å². The Balaban J connectivity index is 1.85. The lowest BCUT2D eigenvalue weighted by atomic mass is 10.2. The fourth-order valence-electron chi connectivity index (χ4n) is 2.87. The number of likely N-dealkylation sites (N-methyl/N-ethyl adjacent to an activating group) is 1. The SMILES string of the molecule is CC(CN)N(C)C(=O)CCC(=O)N1CCN(S(=O)(=O)c2ccccc2)CC1. The van der Waals surface area contributed by atoms with E-state index in [2.05, 4.69) is 0 Å². The molecule has 1 heterocycles. The lowest BCUT2D eigenvalue weighted by Crippen LogP contribution is -2.50. The molecule has 8 nitrogen and oxygen atoms in total. The molecule has 27 heavy (non-hydrogen) atoms. The number of hydrogen-bond donors (Lipinski definition) is 1. The van der Waals surface area contributed by atoms with Gasteiger partial charge < -0.3 is 15.5 Å². The number of sulfonamides is 1. The molecule has 1 aromatic carbocycles. The molecule has 2 rings (SSSR count). The van der Waals surface area contributed by atoms with Crippen molar-refractivity contribution in [3.05, 3.63) is 30.3 Å². The van der Waals surface area contributed by atoms with Crippen LogP contribution in [0.1, 0.15) is 19.8 Å². The largest absolute Gasteiger partial charge is 0.342 e. The van der Waals surface area contributed by atoms with E-state index in [1.54, 1.807) is 47.2 Å². The monoisotopic (exact) mass is 396 g/mol. The first kappa shape index (κ1) is 21.3. The highest BCUT2D eigenvalue weighted by molar-refractivity contribution is 7.89. The van der Waals surface area contributed by atoms with Gasteiger partial charge in [0.1, 0.15) is 0 Å². The lowest BCUT2D eigenvalue weighted by Gasteiger charge is -2.34. The number of nitrogens with two attached hydrogens (primary N) is 1. The van der Waals surface area contributed by atoms with E-state index in [1.165, 1.54) is 4.31 Å². The quantitative estimate of drug-likeness (QED) is 0.704. The molecule has 1 atom stereocenters. The van der Waals surface area contributed by atoms with Gasteiger partial charge in [-0.25, -0.2) is 8.42 Å². The fraction of sp³-hybridized carbons (Fsp3) is 0.556. The first-order chi connectivity index (χ1) is 12.8. The average molecular weight is 397 g/mol. The zero-order valence-electron chi connectivity index (χ0n) is 15.9. The molecule has 0 aliphatic carbocycles. The van der Waals surface area contributed by atoms with Crippen LogP contribution in [0, 0.1) is 0 Å². The first-order valence-electron chi connectivity index (χ1n) is 9.06. The molecular formula is C18H28N4O4S. The number of piperazine rings is 1. The molecule has 150 valence electrons. The van der Waals surface area contributed by atoms with E-state index in [-0.39, 0.29) is 48.7 Å². The van der Waals surface area contributed by atoms with Crippen molar-refractivity contribution in [3.8, 4) is 0 Å². The summed E-state index contributed by atoms with van der Waals surface area (Å²) in [4.78, 5) is 27.9. The van der Waals surface area contributed by atoms with Gasteiger partial charge in [0.2, 0.25) is 21.8 Å². The molecular weight excluding hydrogens is 368 g/mol. The van der Waals surface area contributed by atoms with Crippen LogP contribution in [0.2, 0.25) is 0 Å².